The van der Waals surface area contributed by atoms with Gasteiger partial charge >= 0.3 is 0 Å². The molecule has 1 aliphatic rings. The molecular weight excluding hydrogens is 298 g/mol. The van der Waals surface area contributed by atoms with Gasteiger partial charge in [0, 0.05) is 31.9 Å². The van der Waals surface area contributed by atoms with Crippen LogP contribution in [0.2, 0.25) is 0 Å². The number of hydrogen-bond donors (Lipinski definition) is 2. The zero-order chi connectivity index (χ0) is 16.8. The highest BCUT2D eigenvalue weighted by Crippen LogP contribution is 2.18. The molecule has 1 aromatic rings. The summed E-state index contributed by atoms with van der Waals surface area (Å²) in [6.45, 7) is 5.64. The monoisotopic (exact) mass is 325 g/mol. The Kier molecular flexibility index (Phi) is 6.56. The molecule has 0 aliphatic carbocycles. The highest BCUT2D eigenvalue weighted by atomic mass is 16.5. The molecule has 1 aromatic heterocycles. The second-order valence-electron chi connectivity index (χ2n) is 6.48. The molecule has 1 fully saturated rings. The number of ether oxygens (including phenoxy) is 1. The van der Waals surface area contributed by atoms with Gasteiger partial charge in [0.05, 0.1) is 19.3 Å². The van der Waals surface area contributed by atoms with Crippen LogP contribution in [0.25, 0.3) is 0 Å². The Balaban J connectivity index is 1.94. The van der Waals surface area contributed by atoms with Crippen molar-refractivity contribution in [3.05, 3.63) is 18.5 Å². The molecule has 0 saturated carbocycles. The second-order valence-corrected chi connectivity index (χ2v) is 6.48. The third-order valence-corrected chi connectivity index (χ3v) is 3.99. The Morgan fingerprint density at radius 3 is 2.87 bits per heavy atom. The van der Waals surface area contributed by atoms with Crippen molar-refractivity contribution in [2.45, 2.75) is 51.5 Å². The van der Waals surface area contributed by atoms with Gasteiger partial charge in [0.1, 0.15) is 12.2 Å². The minimum Gasteiger partial charge on any atom is -0.388 e. The van der Waals surface area contributed by atoms with E-state index in [9.17, 15) is 15.0 Å². The maximum Gasteiger partial charge on any atom is 0.223 e. The summed E-state index contributed by atoms with van der Waals surface area (Å²) in [7, 11) is 0. The summed E-state index contributed by atoms with van der Waals surface area (Å²) in [5.41, 5.74) is 0. The zero-order valence-corrected chi connectivity index (χ0v) is 13.8. The van der Waals surface area contributed by atoms with E-state index in [0.717, 1.165) is 0 Å². The quantitative estimate of drug-likeness (QED) is 0.751. The summed E-state index contributed by atoms with van der Waals surface area (Å²) < 4.78 is 7.12. The van der Waals surface area contributed by atoms with E-state index in [1.54, 1.807) is 15.8 Å². The van der Waals surface area contributed by atoms with Crippen LogP contribution in [0.1, 0.15) is 26.7 Å². The molecular formula is C16H27N3O4. The number of amides is 1. The van der Waals surface area contributed by atoms with Gasteiger partial charge < -0.3 is 19.8 Å². The van der Waals surface area contributed by atoms with Crippen LogP contribution >= 0.6 is 0 Å². The molecule has 0 unspecified atom stereocenters. The maximum absolute atomic E-state index is 12.6. The summed E-state index contributed by atoms with van der Waals surface area (Å²) in [5.74, 6) is 0.254. The van der Waals surface area contributed by atoms with Crippen LogP contribution in [-0.2, 0) is 16.1 Å². The molecule has 130 valence electrons. The van der Waals surface area contributed by atoms with Crippen molar-refractivity contribution in [1.29, 1.82) is 0 Å². The molecule has 7 heteroatoms. The number of aromatic nitrogens is 2. The molecule has 7 nitrogen and oxygen atoms in total. The van der Waals surface area contributed by atoms with E-state index in [4.69, 9.17) is 4.74 Å². The Labute approximate surface area is 136 Å². The Hall–Kier alpha value is -1.44. The van der Waals surface area contributed by atoms with Crippen molar-refractivity contribution in [3.63, 3.8) is 0 Å². The average Bonchev–Trinajstić information content (AvgIpc) is 3.01. The molecule has 1 saturated heterocycles. The fourth-order valence-corrected chi connectivity index (χ4v) is 2.82. The fourth-order valence-electron chi connectivity index (χ4n) is 2.82. The number of aliphatic hydroxyl groups excluding tert-OH is 2. The first kappa shape index (κ1) is 17.9. The predicted octanol–water partition coefficient (Wildman–Crippen LogP) is 0.268. The van der Waals surface area contributed by atoms with E-state index in [1.165, 1.54) is 0 Å². The van der Waals surface area contributed by atoms with E-state index in [-0.39, 0.29) is 25.0 Å². The van der Waals surface area contributed by atoms with Gasteiger partial charge in [0.15, 0.2) is 0 Å². The number of rotatable bonds is 7. The maximum atomic E-state index is 12.6. The molecule has 1 aliphatic heterocycles. The number of carbonyl (C=O) groups excluding carboxylic acids is 1. The number of nitrogens with zero attached hydrogens (tertiary/aromatic N) is 3. The highest BCUT2D eigenvalue weighted by molar-refractivity contribution is 5.76. The molecule has 0 bridgehead atoms. The average molecular weight is 325 g/mol. The molecule has 23 heavy (non-hydrogen) atoms. The molecule has 1 amide bonds. The Bertz CT molecular complexity index is 478. The van der Waals surface area contributed by atoms with Crippen LogP contribution < -0.4 is 0 Å². The van der Waals surface area contributed by atoms with Crippen molar-refractivity contribution in [2.24, 2.45) is 5.92 Å². The topological polar surface area (TPSA) is 87.8 Å². The molecule has 0 aromatic carbocycles. The van der Waals surface area contributed by atoms with E-state index < -0.39 is 18.2 Å². The van der Waals surface area contributed by atoms with E-state index in [0.29, 0.717) is 25.9 Å². The first-order valence-corrected chi connectivity index (χ1v) is 8.19. The van der Waals surface area contributed by atoms with Gasteiger partial charge in [-0.1, -0.05) is 13.8 Å². The SMILES string of the molecule is CC(C)CN(C(=O)CCCn1cccn1)[C@@H]1COC[C@@H](O)[C@H]1O. The normalized spacial score (nSPS) is 24.8. The van der Waals surface area contributed by atoms with Crippen molar-refractivity contribution in [2.75, 3.05) is 19.8 Å². The summed E-state index contributed by atoms with van der Waals surface area (Å²) in [6, 6.07) is 1.36. The van der Waals surface area contributed by atoms with Gasteiger partial charge in [-0.2, -0.15) is 5.10 Å². The van der Waals surface area contributed by atoms with E-state index in [1.807, 2.05) is 26.1 Å². The molecule has 0 radical (unpaired) electrons. The van der Waals surface area contributed by atoms with E-state index >= 15 is 0 Å². The molecule has 3 atom stereocenters. The summed E-state index contributed by atoms with van der Waals surface area (Å²) in [4.78, 5) is 14.3. The molecule has 2 heterocycles. The lowest BCUT2D eigenvalue weighted by Gasteiger charge is -2.40. The Morgan fingerprint density at radius 1 is 1.43 bits per heavy atom. The molecule has 2 N–H and O–H groups in total. The standard InChI is InChI=1S/C16H27N3O4/c1-12(2)9-19(13-10-23-11-14(20)16(13)22)15(21)5-3-7-18-8-4-6-17-18/h4,6,8,12-14,16,20,22H,3,5,7,9-11H2,1-2H3/t13-,14-,16+/m1/s1. The van der Waals surface area contributed by atoms with Crippen LogP contribution in [0.4, 0.5) is 0 Å². The lowest BCUT2D eigenvalue weighted by atomic mass is 10.0. The van der Waals surface area contributed by atoms with Crippen LogP contribution in [0.5, 0.6) is 0 Å². The van der Waals surface area contributed by atoms with Gasteiger partial charge in [-0.3, -0.25) is 9.48 Å². The van der Waals surface area contributed by atoms with Gasteiger partial charge in [0.2, 0.25) is 5.91 Å². The third kappa shape index (κ3) is 5.02. The highest BCUT2D eigenvalue weighted by Gasteiger charge is 2.37. The second kappa shape index (κ2) is 8.42. The Morgan fingerprint density at radius 2 is 2.22 bits per heavy atom. The minimum absolute atomic E-state index is 0.0207. The molecule has 0 spiro atoms. The number of aliphatic hydroxyl groups is 2. The van der Waals surface area contributed by atoms with Gasteiger partial charge in [0.25, 0.3) is 0 Å². The zero-order valence-electron chi connectivity index (χ0n) is 13.8. The predicted molar refractivity (Wildman–Crippen MR) is 84.6 cm³/mol. The van der Waals surface area contributed by atoms with Crippen molar-refractivity contribution in [3.8, 4) is 0 Å². The first-order valence-electron chi connectivity index (χ1n) is 8.19. The number of hydrogen-bond acceptors (Lipinski definition) is 5. The van der Waals surface area contributed by atoms with Crippen molar-refractivity contribution < 1.29 is 19.7 Å². The lowest BCUT2D eigenvalue weighted by molar-refractivity contribution is -0.157. The smallest absolute Gasteiger partial charge is 0.223 e. The molecule has 2 rings (SSSR count). The summed E-state index contributed by atoms with van der Waals surface area (Å²) in [6.07, 6.45) is 2.74. The van der Waals surface area contributed by atoms with Gasteiger partial charge in [-0.05, 0) is 18.4 Å². The van der Waals surface area contributed by atoms with Crippen LogP contribution in [0.15, 0.2) is 18.5 Å². The van der Waals surface area contributed by atoms with Crippen LogP contribution in [0, 0.1) is 5.92 Å². The van der Waals surface area contributed by atoms with Crippen molar-refractivity contribution >= 4 is 5.91 Å². The minimum atomic E-state index is -0.961. The van der Waals surface area contributed by atoms with Gasteiger partial charge in [-0.25, -0.2) is 0 Å². The number of aryl methyl sites for hydroxylation is 1. The number of carbonyl (C=O) groups is 1. The largest absolute Gasteiger partial charge is 0.388 e. The summed E-state index contributed by atoms with van der Waals surface area (Å²) >= 11 is 0. The summed E-state index contributed by atoms with van der Waals surface area (Å²) in [5, 5.41) is 24.1. The fraction of sp³-hybridized carbons (Fsp3) is 0.750. The van der Waals surface area contributed by atoms with Crippen LogP contribution in [-0.4, -0.2) is 68.8 Å². The van der Waals surface area contributed by atoms with E-state index in [2.05, 4.69) is 5.10 Å². The van der Waals surface area contributed by atoms with Crippen molar-refractivity contribution in [1.82, 2.24) is 14.7 Å². The van der Waals surface area contributed by atoms with Gasteiger partial charge in [-0.15, -0.1) is 0 Å². The lowest BCUT2D eigenvalue weighted by Crippen LogP contribution is -2.58. The first-order chi connectivity index (χ1) is 11.0. The third-order valence-electron chi connectivity index (χ3n) is 3.99. The van der Waals surface area contributed by atoms with Crippen LogP contribution in [0.3, 0.4) is 0 Å².